The molecule has 12 fully saturated rings. The van der Waals surface area contributed by atoms with E-state index in [-0.39, 0.29) is 0 Å². The van der Waals surface area contributed by atoms with Crippen LogP contribution < -0.4 is 0 Å². The molecule has 326 valence electrons. The maximum absolute atomic E-state index is 7.73. The summed E-state index contributed by atoms with van der Waals surface area (Å²) in [6.45, 7) is 0. The van der Waals surface area contributed by atoms with Crippen molar-refractivity contribution in [1.82, 2.24) is 4.90 Å². The van der Waals surface area contributed by atoms with Gasteiger partial charge in [-0.2, -0.15) is 11.8 Å². The molecule has 10 saturated carbocycles. The molecule has 0 aromatic carbocycles. The fraction of sp³-hybridized carbons (Fsp3) is 1.00. The van der Waals surface area contributed by atoms with Crippen LogP contribution in [0.25, 0.3) is 0 Å². The van der Waals surface area contributed by atoms with Gasteiger partial charge in [-0.05, 0) is 199 Å². The summed E-state index contributed by atoms with van der Waals surface area (Å²) >= 11 is 2.46. The first kappa shape index (κ1) is 39.8. The number of hydrogen-bond donors (Lipinski definition) is 0. The molecule has 2 nitrogen and oxygen atoms in total. The van der Waals surface area contributed by atoms with Crippen molar-refractivity contribution in [3.63, 3.8) is 0 Å². The van der Waals surface area contributed by atoms with Crippen LogP contribution in [0, 0.1) is 76.4 Å². The van der Waals surface area contributed by atoms with Gasteiger partial charge in [-0.25, -0.2) is 0 Å². The predicted molar refractivity (Wildman–Crippen MR) is 243 cm³/mol. The van der Waals surface area contributed by atoms with Crippen molar-refractivity contribution in [2.24, 2.45) is 76.4 Å². The van der Waals surface area contributed by atoms with Crippen molar-refractivity contribution in [3.05, 3.63) is 0 Å². The fourth-order valence-corrected chi connectivity index (χ4v) is 23.1. The van der Waals surface area contributed by atoms with Crippen LogP contribution in [0.1, 0.15) is 225 Å². The van der Waals surface area contributed by atoms with E-state index in [0.29, 0.717) is 17.6 Å². The van der Waals surface area contributed by atoms with E-state index >= 15 is 0 Å². The molecule has 12 aliphatic rings. The first-order valence-corrected chi connectivity index (χ1v) is 28.8. The van der Waals surface area contributed by atoms with Gasteiger partial charge in [0, 0.05) is 34.5 Å². The summed E-state index contributed by atoms with van der Waals surface area (Å²) < 4.78 is 7.73. The van der Waals surface area contributed by atoms with Crippen LogP contribution in [0.5, 0.6) is 0 Å². The summed E-state index contributed by atoms with van der Waals surface area (Å²) in [4.78, 5) is 3.47. The van der Waals surface area contributed by atoms with E-state index in [9.17, 15) is 0 Å². The Balaban J connectivity index is 0.825. The van der Waals surface area contributed by atoms with E-state index in [1.54, 1.807) is 103 Å². The van der Waals surface area contributed by atoms with Crippen molar-refractivity contribution < 1.29 is 4.74 Å². The number of hydrogen-bond acceptors (Lipinski definition) is 3. The highest BCUT2D eigenvalue weighted by Gasteiger charge is 2.66. The molecule has 2 aliphatic heterocycles. The Morgan fingerprint density at radius 1 is 0.362 bits per heavy atom. The smallest absolute Gasteiger partial charge is 0.0652 e. The lowest BCUT2D eigenvalue weighted by Gasteiger charge is -2.58. The van der Waals surface area contributed by atoms with Gasteiger partial charge < -0.3 is 4.74 Å². The molecule has 2 heterocycles. The number of ether oxygens (including phenoxy) is 1. The van der Waals surface area contributed by atoms with Gasteiger partial charge >= 0.3 is 0 Å². The van der Waals surface area contributed by atoms with Crippen molar-refractivity contribution in [2.45, 2.75) is 266 Å². The molecule has 12 rings (SSSR count). The van der Waals surface area contributed by atoms with E-state index in [2.05, 4.69) is 16.7 Å². The van der Waals surface area contributed by atoms with E-state index in [1.807, 2.05) is 0 Å². The van der Waals surface area contributed by atoms with Crippen molar-refractivity contribution in [2.75, 3.05) is 0 Å². The van der Waals surface area contributed by atoms with Gasteiger partial charge in [0.05, 0.1) is 12.2 Å². The second-order valence-corrected chi connectivity index (χ2v) is 26.1. The lowest BCUT2D eigenvalue weighted by molar-refractivity contribution is -0.0956. The topological polar surface area (TPSA) is 12.5 Å². The number of thioether (sulfide) groups is 1. The lowest BCUT2D eigenvalue weighted by Crippen LogP contribution is -2.56. The third-order valence-electron chi connectivity index (χ3n) is 22.7. The Morgan fingerprint density at radius 2 is 0.931 bits per heavy atom. The van der Waals surface area contributed by atoms with Gasteiger partial charge in [0.15, 0.2) is 0 Å². The third-order valence-corrected chi connectivity index (χ3v) is 24.5. The zero-order valence-corrected chi connectivity index (χ0v) is 38.3. The SMILES string of the molecule is C1CCC(N(C2CCCC(C3CCCC4C5CCC6SC7CCCCC7C6C5OC34)C2)C2CCC3C4CCCCC4C(C4CCCCC4)(C4CCCCC4)C3C2)CC1. The molecule has 10 aliphatic carbocycles. The molecule has 16 atom stereocenters. The molecule has 0 radical (unpaired) electrons. The van der Waals surface area contributed by atoms with Gasteiger partial charge in [0.25, 0.3) is 0 Å². The van der Waals surface area contributed by atoms with Gasteiger partial charge in [-0.3, -0.25) is 4.90 Å². The molecule has 58 heavy (non-hydrogen) atoms. The average molecular weight is 812 g/mol. The standard InChI is InChI=1S/C55H89NOS/c1-4-17-37(18-5-1)55(38-19-6-2-7-20-38)48-28-12-10-24-43(48)44-31-30-41(35-49(44)55)56(39-21-8-3-9-22-39)40-23-14-16-36(34-40)42-26-15-27-45-46-32-33-51-52(54(46)57-53(42)45)47-25-11-13-29-50(47)58-51/h36-54H,1-35H2. The quantitative estimate of drug-likeness (QED) is 0.265. The summed E-state index contributed by atoms with van der Waals surface area (Å²) in [5.41, 5.74) is 0.713. The number of nitrogens with zero attached hydrogens (tertiary/aromatic N) is 1. The first-order chi connectivity index (χ1) is 28.8. The number of rotatable bonds is 6. The highest BCUT2D eigenvalue weighted by molar-refractivity contribution is 8.00. The van der Waals surface area contributed by atoms with Gasteiger partial charge in [0.2, 0.25) is 0 Å². The molecule has 0 aromatic rings. The average Bonchev–Trinajstić information content (AvgIpc) is 3.96. The van der Waals surface area contributed by atoms with Crippen molar-refractivity contribution in [3.8, 4) is 0 Å². The van der Waals surface area contributed by atoms with E-state index < -0.39 is 0 Å². The summed E-state index contributed by atoms with van der Waals surface area (Å²) in [5, 5.41) is 1.91. The van der Waals surface area contributed by atoms with Crippen molar-refractivity contribution in [1.29, 1.82) is 0 Å². The highest BCUT2D eigenvalue weighted by atomic mass is 32.2. The molecule has 0 amide bonds. The minimum Gasteiger partial charge on any atom is -0.374 e. The van der Waals surface area contributed by atoms with Crippen molar-refractivity contribution >= 4 is 11.8 Å². The monoisotopic (exact) mass is 812 g/mol. The first-order valence-electron chi connectivity index (χ1n) is 27.9. The predicted octanol–water partition coefficient (Wildman–Crippen LogP) is 14.8. The Labute approximate surface area is 361 Å². The summed E-state index contributed by atoms with van der Waals surface area (Å²) in [6.07, 6.45) is 55.5. The molecule has 0 aromatic heterocycles. The van der Waals surface area contributed by atoms with E-state index in [0.717, 1.165) is 99.6 Å². The maximum atomic E-state index is 7.73. The van der Waals surface area contributed by atoms with Crippen LogP contribution in [-0.2, 0) is 4.74 Å². The van der Waals surface area contributed by atoms with Gasteiger partial charge in [-0.1, -0.05) is 96.3 Å². The zero-order valence-electron chi connectivity index (χ0n) is 37.5. The van der Waals surface area contributed by atoms with Crippen LogP contribution in [-0.4, -0.2) is 45.7 Å². The van der Waals surface area contributed by atoms with E-state index in [1.165, 1.54) is 122 Å². The second-order valence-electron chi connectivity index (χ2n) is 24.6. The third kappa shape index (κ3) is 6.69. The normalized spacial score (nSPS) is 50.0. The molecule has 0 N–H and O–H groups in total. The Kier molecular flexibility index (Phi) is 11.7. The molecule has 0 spiro atoms. The second kappa shape index (κ2) is 17.0. The minimum atomic E-state index is 0.617. The maximum Gasteiger partial charge on any atom is 0.0652 e. The molecule has 16 unspecified atom stereocenters. The van der Waals surface area contributed by atoms with Crippen LogP contribution in [0.3, 0.4) is 0 Å². The summed E-state index contributed by atoms with van der Waals surface area (Å²) in [5.74, 6) is 12.0. The lowest BCUT2D eigenvalue weighted by atomic mass is 9.48. The van der Waals surface area contributed by atoms with Crippen LogP contribution in [0.2, 0.25) is 0 Å². The Hall–Kier alpha value is 0.270. The summed E-state index contributed by atoms with van der Waals surface area (Å²) in [6, 6.07) is 2.66. The highest BCUT2D eigenvalue weighted by Crippen LogP contribution is 2.72. The van der Waals surface area contributed by atoms with Crippen LogP contribution >= 0.6 is 11.8 Å². The molecule has 3 heteroatoms. The fourth-order valence-electron chi connectivity index (χ4n) is 21.1. The Morgan fingerprint density at radius 3 is 1.72 bits per heavy atom. The number of fused-ring (bicyclic) bond motifs is 10. The molecule has 2 saturated heterocycles. The summed E-state index contributed by atoms with van der Waals surface area (Å²) in [7, 11) is 0. The zero-order chi connectivity index (χ0) is 38.2. The van der Waals surface area contributed by atoms with Crippen LogP contribution in [0.4, 0.5) is 0 Å². The molecule has 0 bridgehead atoms. The van der Waals surface area contributed by atoms with E-state index in [4.69, 9.17) is 4.74 Å². The Bertz CT molecular complexity index is 1360. The molecular formula is C55H89NOS. The van der Waals surface area contributed by atoms with Gasteiger partial charge in [0.1, 0.15) is 0 Å². The van der Waals surface area contributed by atoms with Gasteiger partial charge in [-0.15, -0.1) is 0 Å². The molecular weight excluding hydrogens is 723 g/mol. The minimum absolute atomic E-state index is 0.617. The van der Waals surface area contributed by atoms with Crippen LogP contribution in [0.15, 0.2) is 0 Å². The largest absolute Gasteiger partial charge is 0.374 e.